The Hall–Kier alpha value is -0.820. The van der Waals surface area contributed by atoms with Gasteiger partial charge in [-0.15, -0.1) is 0 Å². The highest BCUT2D eigenvalue weighted by molar-refractivity contribution is 7.89. The van der Waals surface area contributed by atoms with Crippen molar-refractivity contribution in [2.24, 2.45) is 0 Å². The van der Waals surface area contributed by atoms with Gasteiger partial charge in [0.1, 0.15) is 0 Å². The zero-order valence-electron chi connectivity index (χ0n) is 11.6. The van der Waals surface area contributed by atoms with Gasteiger partial charge in [0.15, 0.2) is 0 Å². The fourth-order valence-corrected chi connectivity index (χ4v) is 3.65. The van der Waals surface area contributed by atoms with Crippen molar-refractivity contribution in [2.75, 3.05) is 18.9 Å². The largest absolute Gasteiger partial charge is 0.398 e. The molecule has 1 aliphatic rings. The average molecular weight is 319 g/mol. The van der Waals surface area contributed by atoms with Crippen LogP contribution in [0.25, 0.3) is 0 Å². The molecule has 1 aromatic rings. The number of anilines is 1. The minimum Gasteiger partial charge on any atom is -0.398 e. The fourth-order valence-electron chi connectivity index (χ4n) is 2.14. The molecular formula is C13H19ClN2O3S. The van der Waals surface area contributed by atoms with E-state index in [1.807, 2.05) is 6.92 Å². The zero-order chi connectivity index (χ0) is 15.0. The van der Waals surface area contributed by atoms with E-state index in [0.29, 0.717) is 22.9 Å². The number of nitrogen functional groups attached to an aromatic ring is 1. The predicted molar refractivity (Wildman–Crippen MR) is 79.4 cm³/mol. The highest BCUT2D eigenvalue weighted by Gasteiger charge is 2.31. The van der Waals surface area contributed by atoms with Gasteiger partial charge in [-0.25, -0.2) is 13.1 Å². The van der Waals surface area contributed by atoms with Gasteiger partial charge in [0, 0.05) is 23.9 Å². The van der Waals surface area contributed by atoms with Crippen molar-refractivity contribution >= 4 is 27.3 Å². The molecule has 0 radical (unpaired) electrons. The third-order valence-electron chi connectivity index (χ3n) is 3.60. The topological polar surface area (TPSA) is 81.4 Å². The third kappa shape index (κ3) is 3.25. The molecule has 1 saturated heterocycles. The van der Waals surface area contributed by atoms with Crippen molar-refractivity contribution < 1.29 is 13.2 Å². The first kappa shape index (κ1) is 15.6. The first-order chi connectivity index (χ1) is 9.23. The Kier molecular flexibility index (Phi) is 4.30. The summed E-state index contributed by atoms with van der Waals surface area (Å²) in [4.78, 5) is 0.0761. The highest BCUT2D eigenvalue weighted by atomic mass is 35.5. The summed E-state index contributed by atoms with van der Waals surface area (Å²) in [5.41, 5.74) is 6.36. The maximum Gasteiger partial charge on any atom is 0.240 e. The number of sulfonamides is 1. The smallest absolute Gasteiger partial charge is 0.240 e. The lowest BCUT2D eigenvalue weighted by Gasteiger charge is -2.23. The Morgan fingerprint density at radius 3 is 2.75 bits per heavy atom. The molecule has 0 amide bonds. The van der Waals surface area contributed by atoms with Crippen LogP contribution in [0.5, 0.6) is 0 Å². The lowest BCUT2D eigenvalue weighted by atomic mass is 10.0. The third-order valence-corrected chi connectivity index (χ3v) is 5.38. The SMILES string of the molecule is Cc1c(N)cc(S(=O)(=O)NCC2(C)CCCO2)cc1Cl. The normalized spacial score (nSPS) is 23.1. The van der Waals surface area contributed by atoms with Gasteiger partial charge in [0.2, 0.25) is 10.0 Å². The summed E-state index contributed by atoms with van der Waals surface area (Å²) in [5.74, 6) is 0. The lowest BCUT2D eigenvalue weighted by Crippen LogP contribution is -2.40. The molecule has 112 valence electrons. The van der Waals surface area contributed by atoms with Gasteiger partial charge >= 0.3 is 0 Å². The molecule has 7 heteroatoms. The quantitative estimate of drug-likeness (QED) is 0.833. The number of nitrogens with two attached hydrogens (primary N) is 1. The van der Waals surface area contributed by atoms with Crippen LogP contribution in [0.3, 0.4) is 0 Å². The highest BCUT2D eigenvalue weighted by Crippen LogP contribution is 2.27. The number of hydrogen-bond acceptors (Lipinski definition) is 4. The molecule has 0 saturated carbocycles. The van der Waals surface area contributed by atoms with Gasteiger partial charge in [-0.05, 0) is 44.4 Å². The number of halogens is 1. The van der Waals surface area contributed by atoms with Crippen LogP contribution >= 0.6 is 11.6 Å². The van der Waals surface area contributed by atoms with Crippen LogP contribution in [0, 0.1) is 6.92 Å². The monoisotopic (exact) mass is 318 g/mol. The molecule has 1 heterocycles. The van der Waals surface area contributed by atoms with Crippen molar-refractivity contribution in [1.29, 1.82) is 0 Å². The first-order valence-electron chi connectivity index (χ1n) is 6.43. The summed E-state index contributed by atoms with van der Waals surface area (Å²) in [6, 6.07) is 2.83. The van der Waals surface area contributed by atoms with E-state index in [-0.39, 0.29) is 11.4 Å². The minimum absolute atomic E-state index is 0.0761. The molecule has 1 aromatic carbocycles. The Morgan fingerprint density at radius 1 is 1.50 bits per heavy atom. The van der Waals surface area contributed by atoms with E-state index in [1.54, 1.807) is 6.92 Å². The van der Waals surface area contributed by atoms with Crippen molar-refractivity contribution in [3.63, 3.8) is 0 Å². The van der Waals surface area contributed by atoms with E-state index in [2.05, 4.69) is 4.72 Å². The van der Waals surface area contributed by atoms with Gasteiger partial charge in [-0.2, -0.15) is 0 Å². The lowest BCUT2D eigenvalue weighted by molar-refractivity contribution is 0.0250. The second kappa shape index (κ2) is 5.52. The van der Waals surface area contributed by atoms with Crippen LogP contribution in [0.2, 0.25) is 5.02 Å². The molecule has 1 unspecified atom stereocenters. The molecule has 0 spiro atoms. The summed E-state index contributed by atoms with van der Waals surface area (Å²) < 4.78 is 32.7. The van der Waals surface area contributed by atoms with E-state index < -0.39 is 15.6 Å². The van der Waals surface area contributed by atoms with Crippen molar-refractivity contribution in [1.82, 2.24) is 4.72 Å². The summed E-state index contributed by atoms with van der Waals surface area (Å²) in [7, 11) is -3.64. The van der Waals surface area contributed by atoms with Crippen LogP contribution in [0.15, 0.2) is 17.0 Å². The van der Waals surface area contributed by atoms with Gasteiger partial charge in [0.25, 0.3) is 0 Å². The Morgan fingerprint density at radius 2 is 2.20 bits per heavy atom. The molecular weight excluding hydrogens is 300 g/mol. The average Bonchev–Trinajstić information content (AvgIpc) is 2.81. The second-order valence-corrected chi connectivity index (χ2v) is 7.52. The summed E-state index contributed by atoms with van der Waals surface area (Å²) in [6.07, 6.45) is 1.79. The number of hydrogen-bond donors (Lipinski definition) is 2. The van der Waals surface area contributed by atoms with Crippen molar-refractivity contribution in [3.8, 4) is 0 Å². The predicted octanol–water partition coefficient (Wildman–Crippen LogP) is 2.08. The number of benzene rings is 1. The van der Waals surface area contributed by atoms with E-state index in [1.165, 1.54) is 12.1 Å². The molecule has 0 aliphatic carbocycles. The second-order valence-electron chi connectivity index (χ2n) is 5.35. The van der Waals surface area contributed by atoms with Crippen LogP contribution in [0.4, 0.5) is 5.69 Å². The molecule has 1 aliphatic heterocycles. The minimum atomic E-state index is -3.64. The van der Waals surface area contributed by atoms with Gasteiger partial charge in [0.05, 0.1) is 10.5 Å². The Labute approximate surface area is 124 Å². The molecule has 2 rings (SSSR count). The van der Waals surface area contributed by atoms with E-state index >= 15 is 0 Å². The summed E-state index contributed by atoms with van der Waals surface area (Å²) in [6.45, 7) is 4.55. The zero-order valence-corrected chi connectivity index (χ0v) is 13.1. The van der Waals surface area contributed by atoms with Gasteiger partial charge in [-0.1, -0.05) is 11.6 Å². The van der Waals surface area contributed by atoms with Crippen LogP contribution < -0.4 is 10.5 Å². The number of ether oxygens (including phenoxy) is 1. The van der Waals surface area contributed by atoms with Gasteiger partial charge in [-0.3, -0.25) is 0 Å². The summed E-state index contributed by atoms with van der Waals surface area (Å²) >= 11 is 5.98. The van der Waals surface area contributed by atoms with Crippen molar-refractivity contribution in [2.45, 2.75) is 37.2 Å². The Balaban J connectivity index is 2.18. The van der Waals surface area contributed by atoms with Crippen LogP contribution in [-0.2, 0) is 14.8 Å². The molecule has 0 aromatic heterocycles. The molecule has 3 N–H and O–H groups in total. The van der Waals surface area contributed by atoms with E-state index in [0.717, 1.165) is 12.8 Å². The Bertz CT molecular complexity index is 587. The van der Waals surface area contributed by atoms with Gasteiger partial charge < -0.3 is 10.5 Å². The van der Waals surface area contributed by atoms with Crippen LogP contribution in [-0.4, -0.2) is 27.2 Å². The number of nitrogens with one attached hydrogen (secondary N) is 1. The standard InChI is InChI=1S/C13H19ClN2O3S/c1-9-11(14)6-10(7-12(9)15)20(17,18)16-8-13(2)4-3-5-19-13/h6-7,16H,3-5,8,15H2,1-2H3. The fraction of sp³-hybridized carbons (Fsp3) is 0.538. The van der Waals surface area contributed by atoms with Crippen LogP contribution in [0.1, 0.15) is 25.3 Å². The van der Waals surface area contributed by atoms with E-state index in [9.17, 15) is 8.42 Å². The molecule has 20 heavy (non-hydrogen) atoms. The van der Waals surface area contributed by atoms with E-state index in [4.69, 9.17) is 22.1 Å². The summed E-state index contributed by atoms with van der Waals surface area (Å²) in [5, 5.41) is 0.341. The van der Waals surface area contributed by atoms with Crippen molar-refractivity contribution in [3.05, 3.63) is 22.7 Å². The molecule has 0 bridgehead atoms. The number of rotatable bonds is 4. The molecule has 5 nitrogen and oxygen atoms in total. The first-order valence-corrected chi connectivity index (χ1v) is 8.29. The maximum absolute atomic E-state index is 12.3. The molecule has 1 atom stereocenters. The maximum atomic E-state index is 12.3. The molecule has 1 fully saturated rings.